The zero-order chi connectivity index (χ0) is 20.4. The number of anilines is 1. The van der Waals surface area contributed by atoms with Gasteiger partial charge in [0.25, 0.3) is 5.91 Å². The first-order chi connectivity index (χ1) is 13.5. The van der Waals surface area contributed by atoms with Gasteiger partial charge in [-0.05, 0) is 35.7 Å². The average molecular weight is 384 g/mol. The van der Waals surface area contributed by atoms with Crippen molar-refractivity contribution < 1.29 is 23.9 Å². The number of esters is 1. The van der Waals surface area contributed by atoms with Gasteiger partial charge >= 0.3 is 5.97 Å². The van der Waals surface area contributed by atoms with Gasteiger partial charge in [-0.2, -0.15) is 0 Å². The number of benzene rings is 2. The van der Waals surface area contributed by atoms with Crippen LogP contribution in [0.2, 0.25) is 0 Å². The lowest BCUT2D eigenvalue weighted by atomic mass is 10.1. The molecule has 0 radical (unpaired) electrons. The predicted molar refractivity (Wildman–Crippen MR) is 105 cm³/mol. The first kappa shape index (κ1) is 21.0. The minimum Gasteiger partial charge on any atom is -0.497 e. The second kappa shape index (κ2) is 10.7. The molecule has 0 atom stereocenters. The molecule has 28 heavy (non-hydrogen) atoms. The summed E-state index contributed by atoms with van der Waals surface area (Å²) in [6.45, 7) is 1.35. The van der Waals surface area contributed by atoms with Gasteiger partial charge in [0, 0.05) is 5.69 Å². The average Bonchev–Trinajstić information content (AvgIpc) is 2.71. The van der Waals surface area contributed by atoms with Gasteiger partial charge in [-0.3, -0.25) is 14.4 Å². The molecule has 0 unspecified atom stereocenters. The summed E-state index contributed by atoms with van der Waals surface area (Å²) in [6.07, 6.45) is 0.832. The van der Waals surface area contributed by atoms with Crippen LogP contribution in [0.15, 0.2) is 48.5 Å². The monoisotopic (exact) mass is 384 g/mol. The van der Waals surface area contributed by atoms with Crippen molar-refractivity contribution in [1.82, 2.24) is 5.32 Å². The lowest BCUT2D eigenvalue weighted by molar-refractivity contribution is -0.147. The topological polar surface area (TPSA) is 93.7 Å². The van der Waals surface area contributed by atoms with E-state index in [-0.39, 0.29) is 18.9 Å². The Bertz CT molecular complexity index is 818. The number of hydrogen-bond donors (Lipinski definition) is 2. The minimum atomic E-state index is -0.540. The van der Waals surface area contributed by atoms with Gasteiger partial charge < -0.3 is 20.1 Å². The molecule has 148 valence electrons. The van der Waals surface area contributed by atoms with Gasteiger partial charge in [-0.1, -0.05) is 37.3 Å². The number of carbonyl (C=O) groups excluding carboxylic acids is 3. The minimum absolute atomic E-state index is 0.0472. The summed E-state index contributed by atoms with van der Waals surface area (Å²) in [5.41, 5.74) is 2.48. The Balaban J connectivity index is 1.70. The van der Waals surface area contributed by atoms with Crippen molar-refractivity contribution in [3.8, 4) is 5.75 Å². The highest BCUT2D eigenvalue weighted by Gasteiger charge is 2.11. The molecule has 0 aliphatic heterocycles. The van der Waals surface area contributed by atoms with Gasteiger partial charge in [0.15, 0.2) is 6.61 Å². The fourth-order valence-electron chi connectivity index (χ4n) is 2.48. The molecule has 0 aromatic heterocycles. The second-order valence-electron chi connectivity index (χ2n) is 6.02. The number of methoxy groups -OCH3 is 1. The summed E-state index contributed by atoms with van der Waals surface area (Å²) in [6, 6.07) is 14.4. The Kier molecular flexibility index (Phi) is 8.02. The third kappa shape index (κ3) is 6.75. The fraction of sp³-hybridized carbons (Fsp3) is 0.286. The smallest absolute Gasteiger partial charge is 0.310 e. The zero-order valence-corrected chi connectivity index (χ0v) is 16.0. The van der Waals surface area contributed by atoms with Gasteiger partial charge in [0.1, 0.15) is 5.75 Å². The Hall–Kier alpha value is -3.35. The van der Waals surface area contributed by atoms with Gasteiger partial charge in [-0.15, -0.1) is 0 Å². The normalized spacial score (nSPS) is 10.1. The van der Waals surface area contributed by atoms with E-state index in [0.29, 0.717) is 5.75 Å². The molecule has 0 saturated heterocycles. The molecule has 0 heterocycles. The molecular formula is C21H24N2O5. The fourth-order valence-corrected chi connectivity index (χ4v) is 2.48. The first-order valence-electron chi connectivity index (χ1n) is 8.94. The number of para-hydroxylation sites is 1. The van der Waals surface area contributed by atoms with E-state index >= 15 is 0 Å². The van der Waals surface area contributed by atoms with E-state index < -0.39 is 18.5 Å². The molecule has 0 spiro atoms. The maximum Gasteiger partial charge on any atom is 0.310 e. The van der Waals surface area contributed by atoms with Gasteiger partial charge in [-0.25, -0.2) is 0 Å². The molecular weight excluding hydrogens is 360 g/mol. The molecule has 7 heteroatoms. The number of aryl methyl sites for hydroxylation is 1. The van der Waals surface area contributed by atoms with Gasteiger partial charge in [0.05, 0.1) is 20.1 Å². The van der Waals surface area contributed by atoms with E-state index in [1.807, 2.05) is 25.1 Å². The molecule has 0 saturated carbocycles. The molecule has 0 fully saturated rings. The SMILES string of the molecule is CCc1ccccc1NC(=O)CNC(=O)COC(=O)Cc1ccc(OC)cc1. The zero-order valence-electron chi connectivity index (χ0n) is 16.0. The Labute approximate surface area is 164 Å². The highest BCUT2D eigenvalue weighted by atomic mass is 16.5. The third-order valence-corrected chi connectivity index (χ3v) is 3.99. The molecule has 0 aliphatic rings. The standard InChI is InChI=1S/C21H24N2O5/c1-3-16-6-4-5-7-18(16)23-19(24)13-22-20(25)14-28-21(26)12-15-8-10-17(27-2)11-9-15/h4-11H,3,12-14H2,1-2H3,(H,22,25)(H,23,24). The van der Waals surface area contributed by atoms with Crippen LogP contribution in [0, 0.1) is 0 Å². The van der Waals surface area contributed by atoms with Crippen LogP contribution >= 0.6 is 0 Å². The van der Waals surface area contributed by atoms with Crippen LogP contribution in [0.4, 0.5) is 5.69 Å². The highest BCUT2D eigenvalue weighted by molar-refractivity contribution is 5.95. The van der Waals surface area contributed by atoms with E-state index in [2.05, 4.69) is 10.6 Å². The van der Waals surface area contributed by atoms with Crippen molar-refractivity contribution in [1.29, 1.82) is 0 Å². The lowest BCUT2D eigenvalue weighted by Gasteiger charge is -2.10. The van der Waals surface area contributed by atoms with Crippen LogP contribution in [0.3, 0.4) is 0 Å². The molecule has 2 rings (SSSR count). The summed E-state index contributed by atoms with van der Waals surface area (Å²) in [4.78, 5) is 35.6. The van der Waals surface area contributed by atoms with E-state index in [1.54, 1.807) is 37.4 Å². The number of hydrogen-bond acceptors (Lipinski definition) is 5. The summed E-state index contributed by atoms with van der Waals surface area (Å²) in [7, 11) is 1.56. The lowest BCUT2D eigenvalue weighted by Crippen LogP contribution is -2.35. The summed E-state index contributed by atoms with van der Waals surface area (Å²) >= 11 is 0. The molecule has 2 amide bonds. The maximum absolute atomic E-state index is 12.0. The van der Waals surface area contributed by atoms with Crippen LogP contribution in [0.1, 0.15) is 18.1 Å². The van der Waals surface area contributed by atoms with Crippen molar-refractivity contribution >= 4 is 23.5 Å². The van der Waals surface area contributed by atoms with Crippen LogP contribution in [0.25, 0.3) is 0 Å². The molecule has 0 aliphatic carbocycles. The molecule has 2 aromatic rings. The van der Waals surface area contributed by atoms with E-state index in [1.165, 1.54) is 0 Å². The number of nitrogens with one attached hydrogen (secondary N) is 2. The number of rotatable bonds is 9. The Morgan fingerprint density at radius 1 is 0.964 bits per heavy atom. The molecule has 2 N–H and O–H groups in total. The van der Waals surface area contributed by atoms with Crippen molar-refractivity contribution in [2.24, 2.45) is 0 Å². The Morgan fingerprint density at radius 3 is 2.36 bits per heavy atom. The first-order valence-corrected chi connectivity index (χ1v) is 8.94. The van der Waals surface area contributed by atoms with Gasteiger partial charge in [0.2, 0.25) is 5.91 Å². The second-order valence-corrected chi connectivity index (χ2v) is 6.02. The van der Waals surface area contributed by atoms with Crippen LogP contribution < -0.4 is 15.4 Å². The molecule has 7 nitrogen and oxygen atoms in total. The van der Waals surface area contributed by atoms with Crippen molar-refractivity contribution in [3.63, 3.8) is 0 Å². The molecule has 0 bridgehead atoms. The van der Waals surface area contributed by atoms with E-state index in [4.69, 9.17) is 9.47 Å². The third-order valence-electron chi connectivity index (χ3n) is 3.99. The maximum atomic E-state index is 12.0. The number of amides is 2. The largest absolute Gasteiger partial charge is 0.497 e. The Morgan fingerprint density at radius 2 is 1.68 bits per heavy atom. The number of ether oxygens (including phenoxy) is 2. The highest BCUT2D eigenvalue weighted by Crippen LogP contribution is 2.15. The van der Waals surface area contributed by atoms with Crippen LogP contribution in [0.5, 0.6) is 5.75 Å². The van der Waals surface area contributed by atoms with Crippen LogP contribution in [-0.4, -0.2) is 38.0 Å². The van der Waals surface area contributed by atoms with Crippen molar-refractivity contribution in [3.05, 3.63) is 59.7 Å². The quantitative estimate of drug-likeness (QED) is 0.646. The summed E-state index contributed by atoms with van der Waals surface area (Å²) in [5, 5.41) is 5.18. The number of carbonyl (C=O) groups is 3. The van der Waals surface area contributed by atoms with Crippen LogP contribution in [-0.2, 0) is 32.0 Å². The predicted octanol–water partition coefficient (Wildman–Crippen LogP) is 2.10. The summed E-state index contributed by atoms with van der Waals surface area (Å²) < 4.78 is 9.99. The van der Waals surface area contributed by atoms with Crippen molar-refractivity contribution in [2.45, 2.75) is 19.8 Å². The molecule has 2 aromatic carbocycles. The van der Waals surface area contributed by atoms with Crippen molar-refractivity contribution in [2.75, 3.05) is 25.6 Å². The summed E-state index contributed by atoms with van der Waals surface area (Å²) in [5.74, 6) is -0.723. The van der Waals surface area contributed by atoms with E-state index in [9.17, 15) is 14.4 Å². The van der Waals surface area contributed by atoms with E-state index in [0.717, 1.165) is 23.2 Å².